The Hall–Kier alpha value is -1.80. The van der Waals surface area contributed by atoms with E-state index >= 15 is 0 Å². The van der Waals surface area contributed by atoms with Crippen molar-refractivity contribution in [1.29, 1.82) is 0 Å². The summed E-state index contributed by atoms with van der Waals surface area (Å²) in [6.45, 7) is 1.81. The molecular formula is C10H13N5O2S. The first-order chi connectivity index (χ1) is 8.61. The number of rotatable bonds is 4. The van der Waals surface area contributed by atoms with E-state index < -0.39 is 5.91 Å². The predicted molar refractivity (Wildman–Crippen MR) is 65.7 cm³/mol. The minimum Gasteiger partial charge on any atom is -0.456 e. The Morgan fingerprint density at radius 2 is 2.44 bits per heavy atom. The zero-order valence-electron chi connectivity index (χ0n) is 10.0. The molecule has 7 nitrogen and oxygen atoms in total. The van der Waals surface area contributed by atoms with Crippen LogP contribution in [0.4, 0.5) is 0 Å². The smallest absolute Gasteiger partial charge is 0.300 e. The van der Waals surface area contributed by atoms with Gasteiger partial charge in [-0.1, -0.05) is 11.8 Å². The van der Waals surface area contributed by atoms with Crippen molar-refractivity contribution in [1.82, 2.24) is 20.2 Å². The van der Waals surface area contributed by atoms with Crippen LogP contribution in [-0.2, 0) is 12.8 Å². The number of carbonyl (C=O) groups is 1. The number of hydrogen-bond acceptors (Lipinski definition) is 6. The number of amides is 1. The minimum absolute atomic E-state index is 0.212. The van der Waals surface area contributed by atoms with Crippen molar-refractivity contribution in [3.63, 3.8) is 0 Å². The van der Waals surface area contributed by atoms with E-state index in [0.29, 0.717) is 11.5 Å². The SMILES string of the molecule is Cc1oc(C(=O)NN)cc1CSc1ncnn1C. The standard InChI is InChI=1S/C10H13N5O2S/c1-6-7(3-8(17-6)9(16)14-11)4-18-10-12-5-13-15(10)2/h3,5H,4,11H2,1-2H3,(H,14,16). The number of thioether (sulfide) groups is 1. The first kappa shape index (κ1) is 12.7. The molecule has 2 heterocycles. The number of nitrogens with zero attached hydrogens (tertiary/aromatic N) is 3. The summed E-state index contributed by atoms with van der Waals surface area (Å²) in [6.07, 6.45) is 1.50. The Morgan fingerprint density at radius 3 is 3.06 bits per heavy atom. The van der Waals surface area contributed by atoms with Crippen molar-refractivity contribution in [2.24, 2.45) is 12.9 Å². The van der Waals surface area contributed by atoms with E-state index in [1.54, 1.807) is 17.7 Å². The van der Waals surface area contributed by atoms with E-state index in [1.165, 1.54) is 18.1 Å². The van der Waals surface area contributed by atoms with Gasteiger partial charge in [-0.25, -0.2) is 15.5 Å². The second-order valence-electron chi connectivity index (χ2n) is 3.62. The van der Waals surface area contributed by atoms with Gasteiger partial charge in [-0.2, -0.15) is 5.10 Å². The number of hydrogen-bond donors (Lipinski definition) is 2. The Bertz CT molecular complexity index is 562. The molecule has 0 aliphatic carbocycles. The fraction of sp³-hybridized carbons (Fsp3) is 0.300. The molecule has 1 amide bonds. The average molecular weight is 267 g/mol. The molecule has 8 heteroatoms. The van der Waals surface area contributed by atoms with Gasteiger partial charge in [-0.05, 0) is 13.0 Å². The maximum atomic E-state index is 11.3. The third-order valence-corrected chi connectivity index (χ3v) is 3.49. The Kier molecular flexibility index (Phi) is 3.68. The maximum absolute atomic E-state index is 11.3. The molecule has 0 bridgehead atoms. The monoisotopic (exact) mass is 267 g/mol. The van der Waals surface area contributed by atoms with E-state index in [9.17, 15) is 4.79 Å². The molecule has 0 saturated heterocycles. The van der Waals surface area contributed by atoms with Gasteiger partial charge in [-0.3, -0.25) is 10.2 Å². The summed E-state index contributed by atoms with van der Waals surface area (Å²) in [5.41, 5.74) is 2.97. The molecular weight excluding hydrogens is 254 g/mol. The van der Waals surface area contributed by atoms with Gasteiger partial charge >= 0.3 is 5.91 Å². The first-order valence-electron chi connectivity index (χ1n) is 5.19. The summed E-state index contributed by atoms with van der Waals surface area (Å²) >= 11 is 1.52. The molecule has 0 aliphatic heterocycles. The first-order valence-corrected chi connectivity index (χ1v) is 6.17. The van der Waals surface area contributed by atoms with Gasteiger partial charge in [0.1, 0.15) is 12.1 Å². The highest BCUT2D eigenvalue weighted by atomic mass is 32.2. The number of nitrogens with two attached hydrogens (primary N) is 1. The van der Waals surface area contributed by atoms with Crippen LogP contribution in [-0.4, -0.2) is 20.7 Å². The summed E-state index contributed by atoms with van der Waals surface area (Å²) < 4.78 is 7.01. The van der Waals surface area contributed by atoms with Crippen LogP contribution in [0.2, 0.25) is 0 Å². The number of nitrogen functional groups attached to an aromatic ring is 1. The van der Waals surface area contributed by atoms with Crippen LogP contribution >= 0.6 is 11.8 Å². The largest absolute Gasteiger partial charge is 0.456 e. The average Bonchev–Trinajstić information content (AvgIpc) is 2.92. The van der Waals surface area contributed by atoms with Crippen LogP contribution in [0.1, 0.15) is 21.9 Å². The highest BCUT2D eigenvalue weighted by Crippen LogP contribution is 2.24. The maximum Gasteiger partial charge on any atom is 0.300 e. The van der Waals surface area contributed by atoms with Gasteiger partial charge in [-0.15, -0.1) is 0 Å². The van der Waals surface area contributed by atoms with Crippen molar-refractivity contribution in [3.05, 3.63) is 29.5 Å². The summed E-state index contributed by atoms with van der Waals surface area (Å²) in [4.78, 5) is 15.4. The summed E-state index contributed by atoms with van der Waals surface area (Å²) in [5.74, 6) is 6.17. The molecule has 2 rings (SSSR count). The van der Waals surface area contributed by atoms with E-state index in [-0.39, 0.29) is 5.76 Å². The molecule has 0 aromatic carbocycles. The van der Waals surface area contributed by atoms with Crippen LogP contribution in [0.5, 0.6) is 0 Å². The van der Waals surface area contributed by atoms with E-state index in [2.05, 4.69) is 10.1 Å². The molecule has 96 valence electrons. The highest BCUT2D eigenvalue weighted by molar-refractivity contribution is 7.98. The number of hydrazine groups is 1. The zero-order valence-corrected chi connectivity index (χ0v) is 10.8. The Morgan fingerprint density at radius 1 is 1.67 bits per heavy atom. The summed E-state index contributed by atoms with van der Waals surface area (Å²) in [5, 5.41) is 4.78. The van der Waals surface area contributed by atoms with E-state index in [1.807, 2.05) is 12.5 Å². The van der Waals surface area contributed by atoms with Crippen molar-refractivity contribution in [3.8, 4) is 0 Å². The molecule has 2 aromatic rings. The van der Waals surface area contributed by atoms with Crippen molar-refractivity contribution in [2.45, 2.75) is 17.8 Å². The Balaban J connectivity index is 2.08. The highest BCUT2D eigenvalue weighted by Gasteiger charge is 2.14. The molecule has 18 heavy (non-hydrogen) atoms. The lowest BCUT2D eigenvalue weighted by molar-refractivity contribution is 0.0924. The Labute approximate surface area is 108 Å². The van der Waals surface area contributed by atoms with E-state index in [0.717, 1.165) is 10.7 Å². The predicted octanol–water partition coefficient (Wildman–Crippen LogP) is 0.612. The fourth-order valence-electron chi connectivity index (χ4n) is 1.40. The van der Waals surface area contributed by atoms with Crippen LogP contribution in [0, 0.1) is 6.92 Å². The van der Waals surface area contributed by atoms with Gasteiger partial charge in [0.2, 0.25) is 0 Å². The topological polar surface area (TPSA) is 99.0 Å². The van der Waals surface area contributed by atoms with E-state index in [4.69, 9.17) is 10.3 Å². The van der Waals surface area contributed by atoms with Crippen LogP contribution in [0.25, 0.3) is 0 Å². The third kappa shape index (κ3) is 2.54. The number of carbonyl (C=O) groups excluding carboxylic acids is 1. The normalized spacial score (nSPS) is 10.6. The molecule has 0 atom stereocenters. The molecule has 3 N–H and O–H groups in total. The quantitative estimate of drug-likeness (QED) is 0.364. The number of aryl methyl sites for hydroxylation is 2. The lowest BCUT2D eigenvalue weighted by Gasteiger charge is -1.98. The molecule has 0 spiro atoms. The summed E-state index contributed by atoms with van der Waals surface area (Å²) in [7, 11) is 1.82. The molecule has 0 fully saturated rings. The third-order valence-electron chi connectivity index (χ3n) is 2.40. The van der Waals surface area contributed by atoms with Gasteiger partial charge < -0.3 is 4.42 Å². The number of furan rings is 1. The number of aromatic nitrogens is 3. The summed E-state index contributed by atoms with van der Waals surface area (Å²) in [6, 6.07) is 1.68. The number of nitrogens with one attached hydrogen (secondary N) is 1. The molecule has 0 unspecified atom stereocenters. The minimum atomic E-state index is -0.437. The van der Waals surface area contributed by atoms with Crippen LogP contribution in [0.15, 0.2) is 22.0 Å². The van der Waals surface area contributed by atoms with Gasteiger partial charge in [0.15, 0.2) is 10.9 Å². The molecule has 0 radical (unpaired) electrons. The van der Waals surface area contributed by atoms with Gasteiger partial charge in [0.25, 0.3) is 0 Å². The van der Waals surface area contributed by atoms with Crippen LogP contribution < -0.4 is 11.3 Å². The lowest BCUT2D eigenvalue weighted by atomic mass is 10.3. The molecule has 2 aromatic heterocycles. The fourth-order valence-corrected chi connectivity index (χ4v) is 2.33. The molecule has 0 saturated carbocycles. The van der Waals surface area contributed by atoms with Crippen molar-refractivity contribution in [2.75, 3.05) is 0 Å². The van der Waals surface area contributed by atoms with Crippen molar-refractivity contribution < 1.29 is 9.21 Å². The van der Waals surface area contributed by atoms with Crippen LogP contribution in [0.3, 0.4) is 0 Å². The second-order valence-corrected chi connectivity index (χ2v) is 4.56. The van der Waals surface area contributed by atoms with Gasteiger partial charge in [0.05, 0.1) is 0 Å². The molecule has 0 aliphatic rings. The van der Waals surface area contributed by atoms with Gasteiger partial charge in [0, 0.05) is 18.4 Å². The van der Waals surface area contributed by atoms with Crippen molar-refractivity contribution >= 4 is 17.7 Å². The second kappa shape index (κ2) is 5.23. The lowest BCUT2D eigenvalue weighted by Crippen LogP contribution is -2.29. The zero-order chi connectivity index (χ0) is 13.1.